The fraction of sp³-hybridized carbons (Fsp3) is 0.857. The Labute approximate surface area is 176 Å². The zero-order valence-corrected chi connectivity index (χ0v) is 19.2. The first-order valence-corrected chi connectivity index (χ1v) is 12.6. The molecule has 1 saturated carbocycles. The molecule has 1 aromatic rings. The van der Waals surface area contributed by atoms with Gasteiger partial charge < -0.3 is 14.2 Å². The summed E-state index contributed by atoms with van der Waals surface area (Å²) in [4.78, 5) is 9.18. The number of piperidine rings is 1. The van der Waals surface area contributed by atoms with Gasteiger partial charge in [-0.3, -0.25) is 4.90 Å². The average Bonchev–Trinajstić information content (AvgIpc) is 3.35. The third-order valence-corrected chi connectivity index (χ3v) is 8.69. The molecule has 0 aromatic carbocycles. The van der Waals surface area contributed by atoms with E-state index in [1.54, 1.807) is 13.3 Å². The quantitative estimate of drug-likeness (QED) is 0.536. The highest BCUT2D eigenvalue weighted by Gasteiger charge is 2.34. The summed E-state index contributed by atoms with van der Waals surface area (Å²) < 4.78 is 33.6. The van der Waals surface area contributed by atoms with Gasteiger partial charge in [0.1, 0.15) is 0 Å². The third kappa shape index (κ3) is 5.60. The van der Waals surface area contributed by atoms with Gasteiger partial charge in [0, 0.05) is 39.4 Å². The summed E-state index contributed by atoms with van der Waals surface area (Å²) in [5.74, 6) is 0. The molecule has 1 aliphatic heterocycles. The van der Waals surface area contributed by atoms with Gasteiger partial charge in [-0.15, -0.1) is 0 Å². The lowest BCUT2D eigenvalue weighted by Crippen LogP contribution is -2.43. The molecule has 1 aromatic heterocycles. The van der Waals surface area contributed by atoms with E-state index in [1.807, 2.05) is 4.57 Å². The molecule has 0 amide bonds. The van der Waals surface area contributed by atoms with Gasteiger partial charge >= 0.3 is 0 Å². The number of hydrogen-bond donors (Lipinski definition) is 0. The summed E-state index contributed by atoms with van der Waals surface area (Å²) in [7, 11) is 2.64. The smallest absolute Gasteiger partial charge is 0.228 e. The molecule has 1 atom stereocenters. The van der Waals surface area contributed by atoms with Crippen LogP contribution in [0.15, 0.2) is 11.4 Å². The van der Waals surface area contributed by atoms with Crippen LogP contribution in [0.5, 0.6) is 0 Å². The van der Waals surface area contributed by atoms with Crippen LogP contribution in [-0.4, -0.2) is 80.0 Å². The van der Waals surface area contributed by atoms with E-state index in [0.29, 0.717) is 25.7 Å². The van der Waals surface area contributed by atoms with Crippen LogP contribution in [0.2, 0.25) is 0 Å². The standard InChI is InChI=1S/C21H38N4O3S/c1-23(16-18-9-6-7-12-24(18)2)17-19-15-22-21(25(19)13-8-14-28-3)29(26,27)20-10-4-5-11-20/h15,18,20H,4-14,16-17H2,1-3H3/t18-/m1/s1. The number of imidazole rings is 1. The first-order chi connectivity index (χ1) is 13.9. The molecule has 0 bridgehead atoms. The topological polar surface area (TPSA) is 67.7 Å². The SMILES string of the molecule is COCCCn1c(CN(C)C[C@H]2CCCCN2C)cnc1S(=O)(=O)C1CCCC1. The maximum Gasteiger partial charge on any atom is 0.228 e. The molecule has 2 fully saturated rings. The summed E-state index contributed by atoms with van der Waals surface area (Å²) in [5, 5.41) is -0.00812. The first-order valence-electron chi connectivity index (χ1n) is 11.1. The molecule has 0 spiro atoms. The van der Waals surface area contributed by atoms with E-state index in [2.05, 4.69) is 28.9 Å². The van der Waals surface area contributed by atoms with Gasteiger partial charge in [0.2, 0.25) is 15.0 Å². The highest BCUT2D eigenvalue weighted by atomic mass is 32.2. The Morgan fingerprint density at radius 1 is 1.21 bits per heavy atom. The molecule has 0 unspecified atom stereocenters. The molecule has 8 heteroatoms. The molecule has 1 aliphatic carbocycles. The summed E-state index contributed by atoms with van der Waals surface area (Å²) >= 11 is 0. The number of aromatic nitrogens is 2. The Morgan fingerprint density at radius 2 is 1.93 bits per heavy atom. The summed E-state index contributed by atoms with van der Waals surface area (Å²) in [5.41, 5.74) is 0.985. The van der Waals surface area contributed by atoms with E-state index in [4.69, 9.17) is 4.74 Å². The molecule has 29 heavy (non-hydrogen) atoms. The lowest BCUT2D eigenvalue weighted by molar-refractivity contribution is 0.137. The van der Waals surface area contributed by atoms with Gasteiger partial charge in [0.15, 0.2) is 0 Å². The summed E-state index contributed by atoms with van der Waals surface area (Å²) in [6, 6.07) is 0.570. The van der Waals surface area contributed by atoms with Crippen molar-refractivity contribution >= 4 is 9.84 Å². The second-order valence-electron chi connectivity index (χ2n) is 8.81. The van der Waals surface area contributed by atoms with Crippen LogP contribution < -0.4 is 0 Å². The van der Waals surface area contributed by atoms with Crippen LogP contribution >= 0.6 is 0 Å². The van der Waals surface area contributed by atoms with Crippen LogP contribution in [0.1, 0.15) is 57.1 Å². The minimum Gasteiger partial charge on any atom is -0.385 e. The molecular formula is C21H38N4O3S. The van der Waals surface area contributed by atoms with E-state index < -0.39 is 9.84 Å². The molecule has 1 saturated heterocycles. The van der Waals surface area contributed by atoms with Gasteiger partial charge in [0.25, 0.3) is 0 Å². The van der Waals surface area contributed by atoms with Crippen molar-refractivity contribution in [2.45, 2.75) is 80.9 Å². The van der Waals surface area contributed by atoms with E-state index in [0.717, 1.165) is 50.9 Å². The second kappa shape index (κ2) is 10.4. The number of likely N-dealkylation sites (tertiary alicyclic amines) is 1. The lowest BCUT2D eigenvalue weighted by Gasteiger charge is -2.35. The van der Waals surface area contributed by atoms with Crippen LogP contribution in [0.3, 0.4) is 0 Å². The summed E-state index contributed by atoms with van der Waals surface area (Å²) in [6.07, 6.45) is 9.88. The monoisotopic (exact) mass is 426 g/mol. The van der Waals surface area contributed by atoms with Gasteiger partial charge in [-0.25, -0.2) is 13.4 Å². The van der Waals surface area contributed by atoms with Crippen molar-refractivity contribution in [3.8, 4) is 0 Å². The maximum absolute atomic E-state index is 13.2. The van der Waals surface area contributed by atoms with Crippen LogP contribution in [0, 0.1) is 0 Å². The van der Waals surface area contributed by atoms with Crippen molar-refractivity contribution in [2.75, 3.05) is 40.9 Å². The molecule has 2 aliphatic rings. The molecule has 2 heterocycles. The first kappa shape index (κ1) is 22.7. The second-order valence-corrected chi connectivity index (χ2v) is 10.9. The number of nitrogens with zero attached hydrogens (tertiary/aromatic N) is 4. The van der Waals surface area contributed by atoms with Crippen LogP contribution in [-0.2, 0) is 27.7 Å². The zero-order valence-electron chi connectivity index (χ0n) is 18.3. The highest BCUT2D eigenvalue weighted by Crippen LogP contribution is 2.30. The van der Waals surface area contributed by atoms with E-state index >= 15 is 0 Å². The predicted octanol–water partition coefficient (Wildman–Crippen LogP) is 2.55. The zero-order chi connectivity index (χ0) is 20.9. The Morgan fingerprint density at radius 3 is 2.62 bits per heavy atom. The normalized spacial score (nSPS) is 22.0. The highest BCUT2D eigenvalue weighted by molar-refractivity contribution is 7.91. The Kier molecular flexibility index (Phi) is 8.13. The number of likely N-dealkylation sites (N-methyl/N-ethyl adjacent to an activating group) is 2. The van der Waals surface area contributed by atoms with Gasteiger partial charge in [-0.2, -0.15) is 0 Å². The van der Waals surface area contributed by atoms with E-state index in [-0.39, 0.29) is 10.4 Å². The van der Waals surface area contributed by atoms with Gasteiger partial charge in [0.05, 0.1) is 17.1 Å². The Balaban J connectivity index is 1.75. The molecule has 0 radical (unpaired) electrons. The number of rotatable bonds is 10. The number of ether oxygens (including phenoxy) is 1. The lowest BCUT2D eigenvalue weighted by atomic mass is 10.0. The molecule has 3 rings (SSSR count). The summed E-state index contributed by atoms with van der Waals surface area (Å²) in [6.45, 7) is 4.11. The van der Waals surface area contributed by atoms with Crippen molar-refractivity contribution in [1.29, 1.82) is 0 Å². The predicted molar refractivity (Wildman–Crippen MR) is 115 cm³/mol. The average molecular weight is 427 g/mol. The van der Waals surface area contributed by atoms with Crippen molar-refractivity contribution in [3.63, 3.8) is 0 Å². The Bertz CT molecular complexity index is 743. The van der Waals surface area contributed by atoms with Crippen LogP contribution in [0.25, 0.3) is 0 Å². The number of methoxy groups -OCH3 is 1. The minimum atomic E-state index is -3.37. The van der Waals surface area contributed by atoms with Gasteiger partial charge in [-0.1, -0.05) is 19.3 Å². The molecular weight excluding hydrogens is 388 g/mol. The molecule has 0 N–H and O–H groups in total. The van der Waals surface area contributed by atoms with E-state index in [1.165, 1.54) is 19.3 Å². The largest absolute Gasteiger partial charge is 0.385 e. The van der Waals surface area contributed by atoms with E-state index in [9.17, 15) is 8.42 Å². The fourth-order valence-electron chi connectivity index (χ4n) is 4.77. The van der Waals surface area contributed by atoms with Crippen molar-refractivity contribution in [3.05, 3.63) is 11.9 Å². The fourth-order valence-corrected chi connectivity index (χ4v) is 6.74. The maximum atomic E-state index is 13.2. The van der Waals surface area contributed by atoms with Crippen molar-refractivity contribution < 1.29 is 13.2 Å². The van der Waals surface area contributed by atoms with Crippen molar-refractivity contribution in [2.24, 2.45) is 0 Å². The van der Waals surface area contributed by atoms with Crippen LogP contribution in [0.4, 0.5) is 0 Å². The molecule has 7 nitrogen and oxygen atoms in total. The third-order valence-electron chi connectivity index (χ3n) is 6.50. The minimum absolute atomic E-state index is 0.263. The van der Waals surface area contributed by atoms with Gasteiger partial charge in [-0.05, 0) is 52.7 Å². The Hall–Kier alpha value is -0.960. The number of sulfone groups is 1. The number of hydrogen-bond acceptors (Lipinski definition) is 6. The van der Waals surface area contributed by atoms with Crippen molar-refractivity contribution in [1.82, 2.24) is 19.4 Å². The molecule has 166 valence electrons.